The lowest BCUT2D eigenvalue weighted by Gasteiger charge is -2.10. The fourth-order valence-electron chi connectivity index (χ4n) is 1.87. The first-order valence-electron chi connectivity index (χ1n) is 6.59. The zero-order valence-corrected chi connectivity index (χ0v) is 12.2. The maximum Gasteiger partial charge on any atom is 0.269 e. The number of hydrogen-bond acceptors (Lipinski definition) is 6. The lowest BCUT2D eigenvalue weighted by Crippen LogP contribution is -2.12. The predicted octanol–water partition coefficient (Wildman–Crippen LogP) is 2.68. The third-order valence-corrected chi connectivity index (χ3v) is 3.08. The van der Waals surface area contributed by atoms with Gasteiger partial charge in [-0.1, -0.05) is 0 Å². The predicted molar refractivity (Wildman–Crippen MR) is 81.3 cm³/mol. The number of rotatable bonds is 7. The zero-order chi connectivity index (χ0) is 16.8. The largest absolute Gasteiger partial charge is 0.493 e. The highest BCUT2D eigenvalue weighted by molar-refractivity contribution is 5.97. The van der Waals surface area contributed by atoms with Gasteiger partial charge in [-0.2, -0.15) is 0 Å². The van der Waals surface area contributed by atoms with Crippen molar-refractivity contribution >= 4 is 17.8 Å². The Balaban J connectivity index is 2.06. The van der Waals surface area contributed by atoms with Crippen LogP contribution >= 0.6 is 0 Å². The molecule has 0 saturated carbocycles. The van der Waals surface area contributed by atoms with Gasteiger partial charge >= 0.3 is 0 Å². The molecule has 118 valence electrons. The Labute approximate surface area is 131 Å². The molecule has 0 fully saturated rings. The average Bonchev–Trinajstić information content (AvgIpc) is 2.59. The number of non-ortho nitro benzene ring substituents is 1. The number of Topliss-reactive ketones (excluding diaryl/α,β-unsaturated/α-hetero) is 1. The van der Waals surface area contributed by atoms with Gasteiger partial charge in [0, 0.05) is 23.3 Å². The second-order valence-corrected chi connectivity index (χ2v) is 4.54. The molecule has 0 aromatic heterocycles. The van der Waals surface area contributed by atoms with Crippen molar-refractivity contribution in [2.24, 2.45) is 0 Å². The third kappa shape index (κ3) is 3.91. The van der Waals surface area contributed by atoms with Crippen LogP contribution < -0.4 is 9.47 Å². The molecule has 0 aliphatic carbocycles. The Morgan fingerprint density at radius 3 is 2.43 bits per heavy atom. The molecule has 0 bridgehead atoms. The normalized spacial score (nSPS) is 9.96. The molecule has 0 amide bonds. The molecule has 0 atom stereocenters. The number of nitro groups is 1. The van der Waals surface area contributed by atoms with Crippen LogP contribution in [0.2, 0.25) is 0 Å². The van der Waals surface area contributed by atoms with E-state index in [-0.39, 0.29) is 18.1 Å². The Kier molecular flexibility index (Phi) is 5.03. The van der Waals surface area contributed by atoms with Crippen molar-refractivity contribution in [2.75, 3.05) is 13.7 Å². The number of carbonyl (C=O) groups is 2. The van der Waals surface area contributed by atoms with Gasteiger partial charge in [0.1, 0.15) is 6.29 Å². The van der Waals surface area contributed by atoms with Crippen molar-refractivity contribution in [3.05, 3.63) is 63.7 Å². The van der Waals surface area contributed by atoms with Gasteiger partial charge in [0.25, 0.3) is 5.69 Å². The Bertz CT molecular complexity index is 739. The molecule has 0 N–H and O–H groups in total. The third-order valence-electron chi connectivity index (χ3n) is 3.08. The number of nitrogens with zero attached hydrogens (tertiary/aromatic N) is 1. The van der Waals surface area contributed by atoms with E-state index in [9.17, 15) is 19.7 Å². The molecule has 0 aliphatic rings. The summed E-state index contributed by atoms with van der Waals surface area (Å²) in [5.41, 5.74) is 0.642. The number of benzene rings is 2. The zero-order valence-electron chi connectivity index (χ0n) is 12.2. The summed E-state index contributed by atoms with van der Waals surface area (Å²) in [6.45, 7) is -0.255. The molecule has 23 heavy (non-hydrogen) atoms. The number of methoxy groups -OCH3 is 1. The Morgan fingerprint density at radius 1 is 1.17 bits per heavy atom. The molecule has 7 heteroatoms. The van der Waals surface area contributed by atoms with Crippen molar-refractivity contribution in [3.63, 3.8) is 0 Å². The molecule has 2 aromatic carbocycles. The first kappa shape index (κ1) is 16.2. The van der Waals surface area contributed by atoms with Gasteiger partial charge in [-0.25, -0.2) is 0 Å². The lowest BCUT2D eigenvalue weighted by molar-refractivity contribution is -0.384. The summed E-state index contributed by atoms with van der Waals surface area (Å²) in [6.07, 6.45) is 0.675. The standard InChI is InChI=1S/C16H13NO6/c1-22-16-8-11(9-18)2-7-15(16)23-10-14(19)12-3-5-13(6-4-12)17(20)21/h2-9H,10H2,1H3. The van der Waals surface area contributed by atoms with E-state index in [0.29, 0.717) is 28.9 Å². The van der Waals surface area contributed by atoms with Crippen molar-refractivity contribution < 1.29 is 24.0 Å². The van der Waals surface area contributed by atoms with Crippen LogP contribution in [0.15, 0.2) is 42.5 Å². The van der Waals surface area contributed by atoms with Gasteiger partial charge in [0.15, 0.2) is 23.9 Å². The monoisotopic (exact) mass is 315 g/mol. The second kappa shape index (κ2) is 7.17. The van der Waals surface area contributed by atoms with E-state index in [2.05, 4.69) is 0 Å². The summed E-state index contributed by atoms with van der Waals surface area (Å²) in [4.78, 5) is 32.8. The van der Waals surface area contributed by atoms with Crippen LogP contribution in [0.4, 0.5) is 5.69 Å². The van der Waals surface area contributed by atoms with E-state index in [1.54, 1.807) is 6.07 Å². The number of hydrogen-bond donors (Lipinski definition) is 0. The van der Waals surface area contributed by atoms with Crippen molar-refractivity contribution in [1.82, 2.24) is 0 Å². The summed E-state index contributed by atoms with van der Waals surface area (Å²) in [5, 5.41) is 10.6. The second-order valence-electron chi connectivity index (χ2n) is 4.54. The van der Waals surface area contributed by atoms with Gasteiger partial charge < -0.3 is 9.47 Å². The molecule has 0 spiro atoms. The first-order valence-corrected chi connectivity index (χ1v) is 6.59. The van der Waals surface area contributed by atoms with E-state index in [1.807, 2.05) is 0 Å². The Hall–Kier alpha value is -3.22. The minimum absolute atomic E-state index is 0.0893. The molecule has 0 saturated heterocycles. The number of ether oxygens (including phenoxy) is 2. The summed E-state index contributed by atoms with van der Waals surface area (Å²) in [5.74, 6) is 0.334. The maximum atomic E-state index is 12.0. The van der Waals surface area contributed by atoms with Crippen LogP contribution in [0.1, 0.15) is 20.7 Å². The average molecular weight is 315 g/mol. The van der Waals surface area contributed by atoms with E-state index < -0.39 is 4.92 Å². The highest BCUT2D eigenvalue weighted by Crippen LogP contribution is 2.27. The van der Waals surface area contributed by atoms with E-state index in [0.717, 1.165) is 0 Å². The maximum absolute atomic E-state index is 12.0. The van der Waals surface area contributed by atoms with Gasteiger partial charge in [-0.15, -0.1) is 0 Å². The SMILES string of the molecule is COc1cc(C=O)ccc1OCC(=O)c1ccc([N+](=O)[O-])cc1. The van der Waals surface area contributed by atoms with E-state index in [1.165, 1.54) is 43.5 Å². The van der Waals surface area contributed by atoms with E-state index in [4.69, 9.17) is 9.47 Å². The van der Waals surface area contributed by atoms with Gasteiger partial charge in [-0.3, -0.25) is 19.7 Å². The van der Waals surface area contributed by atoms with Crippen LogP contribution in [0.3, 0.4) is 0 Å². The Morgan fingerprint density at radius 2 is 1.87 bits per heavy atom. The molecular weight excluding hydrogens is 302 g/mol. The van der Waals surface area contributed by atoms with Crippen molar-refractivity contribution in [2.45, 2.75) is 0 Å². The molecule has 0 aliphatic heterocycles. The van der Waals surface area contributed by atoms with Gasteiger partial charge in [0.2, 0.25) is 0 Å². The van der Waals surface area contributed by atoms with Crippen LogP contribution in [0, 0.1) is 10.1 Å². The highest BCUT2D eigenvalue weighted by Gasteiger charge is 2.12. The summed E-state index contributed by atoms with van der Waals surface area (Å²) >= 11 is 0. The van der Waals surface area contributed by atoms with E-state index >= 15 is 0 Å². The molecular formula is C16H13NO6. The minimum atomic E-state index is -0.537. The smallest absolute Gasteiger partial charge is 0.269 e. The van der Waals surface area contributed by atoms with Crippen LogP contribution in [-0.4, -0.2) is 30.7 Å². The first-order chi connectivity index (χ1) is 11.0. The van der Waals surface area contributed by atoms with Gasteiger partial charge in [0.05, 0.1) is 12.0 Å². The fraction of sp³-hybridized carbons (Fsp3) is 0.125. The molecule has 2 rings (SSSR count). The van der Waals surface area contributed by atoms with Crippen molar-refractivity contribution in [3.8, 4) is 11.5 Å². The minimum Gasteiger partial charge on any atom is -0.493 e. The topological polar surface area (TPSA) is 95.7 Å². The molecule has 2 aromatic rings. The fourth-order valence-corrected chi connectivity index (χ4v) is 1.87. The number of nitro benzene ring substituents is 1. The summed E-state index contributed by atoms with van der Waals surface area (Å²) in [6, 6.07) is 9.83. The lowest BCUT2D eigenvalue weighted by atomic mass is 10.1. The number of ketones is 1. The van der Waals surface area contributed by atoms with Crippen LogP contribution in [0.25, 0.3) is 0 Å². The summed E-state index contributed by atoms with van der Waals surface area (Å²) in [7, 11) is 1.43. The van der Waals surface area contributed by atoms with Gasteiger partial charge in [-0.05, 0) is 30.3 Å². The van der Waals surface area contributed by atoms with Crippen LogP contribution in [-0.2, 0) is 0 Å². The molecule has 0 unspecified atom stereocenters. The quantitative estimate of drug-likeness (QED) is 0.337. The molecule has 0 heterocycles. The molecule has 0 radical (unpaired) electrons. The summed E-state index contributed by atoms with van der Waals surface area (Å²) < 4.78 is 10.5. The number of carbonyl (C=O) groups excluding carboxylic acids is 2. The molecule has 7 nitrogen and oxygen atoms in total. The number of aldehydes is 1. The van der Waals surface area contributed by atoms with Crippen LogP contribution in [0.5, 0.6) is 11.5 Å². The highest BCUT2D eigenvalue weighted by atomic mass is 16.6. The van der Waals surface area contributed by atoms with Crippen molar-refractivity contribution in [1.29, 1.82) is 0 Å².